The molecule has 15 heteroatoms. The number of carbonyl (C=O) groups is 2. The summed E-state index contributed by atoms with van der Waals surface area (Å²) in [5, 5.41) is 5.21. The van der Waals surface area contributed by atoms with Crippen molar-refractivity contribution in [3.8, 4) is 0 Å². The smallest absolute Gasteiger partial charge is 0.407 e. The van der Waals surface area contributed by atoms with Gasteiger partial charge in [-0.05, 0) is 42.7 Å². The van der Waals surface area contributed by atoms with Crippen LogP contribution in [0.15, 0.2) is 53.4 Å². The Labute approximate surface area is 231 Å². The third-order valence-electron chi connectivity index (χ3n) is 6.30. The van der Waals surface area contributed by atoms with E-state index in [-0.39, 0.29) is 25.3 Å². The number of halogens is 5. The molecule has 1 aliphatic heterocycles. The fraction of sp³-hybridized carbons (Fsp3) is 0.231. The maximum atomic E-state index is 14.1. The number of benzene rings is 3. The quantitative estimate of drug-likeness (QED) is 0.161. The summed E-state index contributed by atoms with van der Waals surface area (Å²) in [5.74, 6) is -12.5. The van der Waals surface area contributed by atoms with E-state index in [9.17, 15) is 40.0 Å². The van der Waals surface area contributed by atoms with Gasteiger partial charge in [0.15, 0.2) is 28.2 Å². The van der Waals surface area contributed by atoms with Gasteiger partial charge in [0.25, 0.3) is 5.91 Å². The number of carbonyl (C=O) groups excluding carboxylic acids is 2. The van der Waals surface area contributed by atoms with Crippen LogP contribution in [-0.2, 0) is 21.3 Å². The number of hydrogen-bond acceptors (Lipinski definition) is 6. The summed E-state index contributed by atoms with van der Waals surface area (Å²) >= 11 is 0. The molecule has 0 atom stereocenters. The molecule has 0 aliphatic carbocycles. The molecule has 41 heavy (non-hydrogen) atoms. The molecule has 0 bridgehead atoms. The number of hydrogen-bond donors (Lipinski definition) is 3. The molecular weight excluding hydrogens is 575 g/mol. The highest BCUT2D eigenvalue weighted by Gasteiger charge is 2.39. The van der Waals surface area contributed by atoms with Gasteiger partial charge in [0.05, 0.1) is 11.4 Å². The Kier molecular flexibility index (Phi) is 8.77. The van der Waals surface area contributed by atoms with Gasteiger partial charge < -0.3 is 21.1 Å². The molecule has 4 N–H and O–H groups in total. The lowest BCUT2D eigenvalue weighted by Gasteiger charge is -2.31. The van der Waals surface area contributed by atoms with E-state index in [2.05, 4.69) is 10.6 Å². The number of ether oxygens (including phenoxy) is 1. The molecule has 9 nitrogen and oxygen atoms in total. The highest BCUT2D eigenvalue weighted by Crippen LogP contribution is 2.30. The van der Waals surface area contributed by atoms with Crippen molar-refractivity contribution in [3.05, 3.63) is 88.7 Å². The predicted molar refractivity (Wildman–Crippen MR) is 137 cm³/mol. The van der Waals surface area contributed by atoms with Crippen molar-refractivity contribution in [2.75, 3.05) is 24.1 Å². The van der Waals surface area contributed by atoms with Crippen LogP contribution in [0.25, 0.3) is 0 Å². The maximum absolute atomic E-state index is 14.1. The Balaban J connectivity index is 1.27. The second-order valence-electron chi connectivity index (χ2n) is 9.00. The van der Waals surface area contributed by atoms with Crippen LogP contribution in [0.5, 0.6) is 0 Å². The zero-order chi connectivity index (χ0) is 29.9. The van der Waals surface area contributed by atoms with Crippen LogP contribution in [0.2, 0.25) is 0 Å². The summed E-state index contributed by atoms with van der Waals surface area (Å²) in [6.07, 6.45) is -1.77. The molecule has 1 aliphatic rings. The van der Waals surface area contributed by atoms with Crippen LogP contribution in [0.3, 0.4) is 0 Å². The molecule has 4 rings (SSSR count). The number of amides is 2. The van der Waals surface area contributed by atoms with Gasteiger partial charge in [0.1, 0.15) is 6.10 Å². The van der Waals surface area contributed by atoms with E-state index < -0.39 is 69.3 Å². The first kappa shape index (κ1) is 29.7. The van der Waals surface area contributed by atoms with E-state index in [1.165, 1.54) is 0 Å². The Hall–Kier alpha value is -4.24. The number of sulfonamides is 1. The number of nitrogens with two attached hydrogens (primary N) is 1. The first-order chi connectivity index (χ1) is 19.4. The Morgan fingerprint density at radius 1 is 0.878 bits per heavy atom. The summed E-state index contributed by atoms with van der Waals surface area (Å²) in [4.78, 5) is 22.7. The minimum absolute atomic E-state index is 0.0415. The van der Waals surface area contributed by atoms with Crippen LogP contribution in [0.1, 0.15) is 28.8 Å². The van der Waals surface area contributed by atoms with E-state index in [4.69, 9.17) is 10.5 Å². The lowest BCUT2D eigenvalue weighted by Crippen LogP contribution is -2.43. The van der Waals surface area contributed by atoms with Crippen LogP contribution in [0, 0.1) is 29.1 Å². The van der Waals surface area contributed by atoms with Crippen molar-refractivity contribution in [2.45, 2.75) is 30.4 Å². The lowest BCUT2D eigenvalue weighted by molar-refractivity contribution is 0.0668. The highest BCUT2D eigenvalue weighted by molar-refractivity contribution is 7.89. The fourth-order valence-electron chi connectivity index (χ4n) is 4.08. The maximum Gasteiger partial charge on any atom is 0.407 e. The number of rotatable bonds is 7. The summed E-state index contributed by atoms with van der Waals surface area (Å²) in [6, 6.07) is 13.1. The Bertz CT molecular complexity index is 1550. The first-order valence-corrected chi connectivity index (χ1v) is 13.5. The van der Waals surface area contributed by atoms with Gasteiger partial charge in [0, 0.05) is 25.2 Å². The van der Waals surface area contributed by atoms with Gasteiger partial charge in [-0.3, -0.25) is 4.79 Å². The molecule has 0 aromatic heterocycles. The monoisotopic (exact) mass is 598 g/mol. The lowest BCUT2D eigenvalue weighted by atomic mass is 10.1. The largest absolute Gasteiger partial charge is 0.446 e. The average molecular weight is 599 g/mol. The van der Waals surface area contributed by atoms with E-state index in [0.717, 1.165) is 0 Å². The minimum atomic E-state index is -5.07. The van der Waals surface area contributed by atoms with Crippen molar-refractivity contribution in [3.63, 3.8) is 0 Å². The van der Waals surface area contributed by atoms with E-state index in [1.54, 1.807) is 48.5 Å². The summed E-state index contributed by atoms with van der Waals surface area (Å²) in [6.45, 7) is -0.740. The van der Waals surface area contributed by atoms with E-state index in [1.807, 2.05) is 0 Å². The molecule has 1 heterocycles. The molecule has 3 aromatic rings. The Morgan fingerprint density at radius 3 is 2.02 bits per heavy atom. The zero-order valence-corrected chi connectivity index (χ0v) is 21.9. The molecule has 1 fully saturated rings. The van der Waals surface area contributed by atoms with Gasteiger partial charge in [-0.1, -0.05) is 24.3 Å². The topological polar surface area (TPSA) is 131 Å². The normalized spacial score (nSPS) is 14.5. The number of nitrogens with one attached hydrogen (secondary N) is 2. The predicted octanol–water partition coefficient (Wildman–Crippen LogP) is 4.30. The van der Waals surface area contributed by atoms with Crippen molar-refractivity contribution < 1.29 is 44.7 Å². The number of para-hydroxylation sites is 2. The molecule has 2 amide bonds. The number of nitrogen functional groups attached to an aromatic ring is 1. The fourth-order valence-corrected chi connectivity index (χ4v) is 5.66. The van der Waals surface area contributed by atoms with Gasteiger partial charge in [-0.15, -0.1) is 0 Å². The summed E-state index contributed by atoms with van der Waals surface area (Å²) in [5.41, 5.74) is 7.69. The SMILES string of the molecule is Nc1ccccc1NC(=O)c1ccc(CNC(=O)OC2CCN(S(=O)(=O)c3c(F)c(F)c(F)c(F)c3F)CC2)cc1. The second-order valence-corrected chi connectivity index (χ2v) is 10.9. The van der Waals surface area contributed by atoms with E-state index in [0.29, 0.717) is 26.8 Å². The van der Waals surface area contributed by atoms with Crippen molar-refractivity contribution in [2.24, 2.45) is 0 Å². The van der Waals surface area contributed by atoms with Crippen LogP contribution in [0.4, 0.5) is 38.1 Å². The van der Waals surface area contributed by atoms with Gasteiger partial charge in [0.2, 0.25) is 15.8 Å². The van der Waals surface area contributed by atoms with Gasteiger partial charge in [-0.2, -0.15) is 4.31 Å². The first-order valence-electron chi connectivity index (χ1n) is 12.1. The average Bonchev–Trinajstić information content (AvgIpc) is 2.95. The summed E-state index contributed by atoms with van der Waals surface area (Å²) in [7, 11) is -5.07. The van der Waals surface area contributed by atoms with Crippen molar-refractivity contribution >= 4 is 33.4 Å². The number of alkyl carbamates (subject to hydrolysis) is 1. The van der Waals surface area contributed by atoms with Crippen LogP contribution >= 0.6 is 0 Å². The molecule has 218 valence electrons. The molecule has 0 radical (unpaired) electrons. The molecular formula is C26H23F5N4O5S. The second kappa shape index (κ2) is 12.1. The summed E-state index contributed by atoms with van der Waals surface area (Å²) < 4.78 is 99.6. The zero-order valence-electron chi connectivity index (χ0n) is 21.1. The van der Waals surface area contributed by atoms with Gasteiger partial charge in [-0.25, -0.2) is 35.2 Å². The standard InChI is InChI=1S/C26H23F5N4O5S/c27-19-20(28)22(30)24(23(31)21(19)29)41(38,39)35-11-9-16(10-12-35)40-26(37)33-13-14-5-7-15(8-6-14)25(36)34-18-4-2-1-3-17(18)32/h1-8,16H,9-13,32H2,(H,33,37)(H,34,36). The molecule has 1 saturated heterocycles. The number of anilines is 2. The van der Waals surface area contributed by atoms with E-state index >= 15 is 0 Å². The third kappa shape index (κ3) is 6.41. The highest BCUT2D eigenvalue weighted by atomic mass is 32.2. The van der Waals surface area contributed by atoms with Crippen LogP contribution < -0.4 is 16.4 Å². The molecule has 0 saturated carbocycles. The van der Waals surface area contributed by atoms with Crippen molar-refractivity contribution in [1.29, 1.82) is 0 Å². The minimum Gasteiger partial charge on any atom is -0.446 e. The van der Waals surface area contributed by atoms with Crippen LogP contribution in [-0.4, -0.2) is 43.9 Å². The van der Waals surface area contributed by atoms with Crippen molar-refractivity contribution in [1.82, 2.24) is 9.62 Å². The number of piperidine rings is 1. The molecule has 0 unspecified atom stereocenters. The molecule has 0 spiro atoms. The number of nitrogens with zero attached hydrogens (tertiary/aromatic N) is 1. The molecule has 3 aromatic carbocycles. The Morgan fingerprint density at radius 2 is 1.44 bits per heavy atom. The third-order valence-corrected chi connectivity index (χ3v) is 8.22. The van der Waals surface area contributed by atoms with Gasteiger partial charge >= 0.3 is 6.09 Å².